The van der Waals surface area contributed by atoms with E-state index in [1.165, 1.54) is 7.11 Å². The molecule has 1 aliphatic rings. The molecule has 0 radical (unpaired) electrons. The third-order valence-corrected chi connectivity index (χ3v) is 2.83. The minimum absolute atomic E-state index is 0.323. The molecule has 0 spiro atoms. The molecule has 1 fully saturated rings. The average Bonchev–Trinajstić information content (AvgIpc) is 2.87. The third kappa shape index (κ3) is 1.75. The number of hydrogen-bond acceptors (Lipinski definition) is 5. The van der Waals surface area contributed by atoms with Crippen LogP contribution in [-0.4, -0.2) is 51.7 Å². The minimum Gasteiger partial charge on any atom is -0.467 e. The maximum atomic E-state index is 11.6. The van der Waals surface area contributed by atoms with Crippen LogP contribution in [0.3, 0.4) is 0 Å². The Balaban J connectivity index is 2.82. The first-order valence-electron chi connectivity index (χ1n) is 4.89. The number of methoxy groups -OCH3 is 3. The van der Waals surface area contributed by atoms with Gasteiger partial charge < -0.3 is 18.9 Å². The summed E-state index contributed by atoms with van der Waals surface area (Å²) in [6.07, 6.45) is 0.548. The summed E-state index contributed by atoms with van der Waals surface area (Å²) in [4.78, 5) is 11.6. The molecular weight excluding hydrogens is 200 g/mol. The molecule has 0 aromatic heterocycles. The molecule has 5 heteroatoms. The van der Waals surface area contributed by atoms with Crippen LogP contribution in [0.2, 0.25) is 0 Å². The van der Waals surface area contributed by atoms with Crippen LogP contribution in [0.25, 0.3) is 0 Å². The molecule has 15 heavy (non-hydrogen) atoms. The second-order valence-corrected chi connectivity index (χ2v) is 3.63. The molecule has 88 valence electrons. The van der Waals surface area contributed by atoms with E-state index in [2.05, 4.69) is 0 Å². The summed E-state index contributed by atoms with van der Waals surface area (Å²) in [5.41, 5.74) is -1.58. The number of carbonyl (C=O) groups excluding carboxylic acids is 1. The van der Waals surface area contributed by atoms with Crippen molar-refractivity contribution in [3.63, 3.8) is 0 Å². The molecule has 1 heterocycles. The van der Waals surface area contributed by atoms with Crippen LogP contribution in [0.5, 0.6) is 0 Å². The van der Waals surface area contributed by atoms with Crippen LogP contribution in [0.15, 0.2) is 0 Å². The first kappa shape index (κ1) is 12.4. The molecule has 1 unspecified atom stereocenters. The van der Waals surface area contributed by atoms with Gasteiger partial charge in [-0.05, 0) is 6.42 Å². The Morgan fingerprint density at radius 1 is 1.20 bits per heavy atom. The molecule has 1 atom stereocenters. The second kappa shape index (κ2) is 4.47. The lowest BCUT2D eigenvalue weighted by atomic mass is 9.91. The van der Waals surface area contributed by atoms with Crippen LogP contribution < -0.4 is 0 Å². The van der Waals surface area contributed by atoms with E-state index in [-0.39, 0.29) is 5.97 Å². The topological polar surface area (TPSA) is 57.3 Å². The van der Waals surface area contributed by atoms with Crippen molar-refractivity contribution in [1.82, 2.24) is 0 Å². The largest absolute Gasteiger partial charge is 0.467 e. The molecule has 0 aliphatic carbocycles. The van der Waals surface area contributed by atoms with Crippen LogP contribution >= 0.6 is 0 Å². The fraction of sp³-hybridized carbons (Fsp3) is 0.900. The van der Waals surface area contributed by atoms with Gasteiger partial charge >= 0.3 is 5.97 Å². The van der Waals surface area contributed by atoms with Crippen LogP contribution in [0, 0.1) is 0 Å². The van der Waals surface area contributed by atoms with Gasteiger partial charge in [-0.2, -0.15) is 0 Å². The lowest BCUT2D eigenvalue weighted by Gasteiger charge is -2.15. The van der Waals surface area contributed by atoms with Gasteiger partial charge in [0.2, 0.25) is 0 Å². The smallest absolute Gasteiger partial charge is 0.341 e. The summed E-state index contributed by atoms with van der Waals surface area (Å²) in [5, 5.41) is 0. The van der Waals surface area contributed by atoms with Crippen molar-refractivity contribution < 1.29 is 23.7 Å². The Morgan fingerprint density at radius 2 is 1.73 bits per heavy atom. The molecular formula is C10H18O5. The van der Waals surface area contributed by atoms with Crippen molar-refractivity contribution in [3.8, 4) is 0 Å². The summed E-state index contributed by atoms with van der Waals surface area (Å²) >= 11 is 0. The summed E-state index contributed by atoms with van der Waals surface area (Å²) in [6.45, 7) is 2.53. The predicted molar refractivity (Wildman–Crippen MR) is 52.6 cm³/mol. The third-order valence-electron chi connectivity index (χ3n) is 2.83. The molecule has 0 amide bonds. The minimum atomic E-state index is -0.895. The first-order valence-corrected chi connectivity index (χ1v) is 4.89. The summed E-state index contributed by atoms with van der Waals surface area (Å²) in [5.74, 6) is -0.362. The van der Waals surface area contributed by atoms with Gasteiger partial charge in [0.1, 0.15) is 0 Å². The quantitative estimate of drug-likeness (QED) is 0.476. The maximum Gasteiger partial charge on any atom is 0.341 e. The van der Waals surface area contributed by atoms with Gasteiger partial charge in [0, 0.05) is 14.2 Å². The van der Waals surface area contributed by atoms with Gasteiger partial charge in [0.15, 0.2) is 11.2 Å². The van der Waals surface area contributed by atoms with Crippen molar-refractivity contribution in [1.29, 1.82) is 0 Å². The van der Waals surface area contributed by atoms with Crippen molar-refractivity contribution in [2.45, 2.75) is 24.5 Å². The Labute approximate surface area is 89.6 Å². The Kier molecular flexibility index (Phi) is 3.70. The number of ether oxygens (including phenoxy) is 4. The Hall–Kier alpha value is -0.650. The van der Waals surface area contributed by atoms with Gasteiger partial charge in [-0.3, -0.25) is 0 Å². The molecule has 1 saturated heterocycles. The fourth-order valence-electron chi connectivity index (χ4n) is 2.04. The van der Waals surface area contributed by atoms with Crippen molar-refractivity contribution in [2.75, 3.05) is 34.5 Å². The standard InChI is InChI=1S/C10H18O5/c1-5-10(8(11)14-4)9(15-10,6-12-2)7-13-3/h5-7H2,1-4H3. The van der Waals surface area contributed by atoms with E-state index in [9.17, 15) is 4.79 Å². The van der Waals surface area contributed by atoms with Gasteiger partial charge in [0.05, 0.1) is 20.3 Å². The summed E-state index contributed by atoms with van der Waals surface area (Å²) in [6, 6.07) is 0. The van der Waals surface area contributed by atoms with Crippen molar-refractivity contribution in [2.24, 2.45) is 0 Å². The highest BCUT2D eigenvalue weighted by Crippen LogP contribution is 2.51. The number of carbonyl (C=O) groups is 1. The first-order chi connectivity index (χ1) is 7.12. The van der Waals surface area contributed by atoms with Crippen LogP contribution in [0.1, 0.15) is 13.3 Å². The van der Waals surface area contributed by atoms with Crippen molar-refractivity contribution in [3.05, 3.63) is 0 Å². The van der Waals surface area contributed by atoms with Gasteiger partial charge in [-0.1, -0.05) is 6.92 Å². The van der Waals surface area contributed by atoms with Crippen LogP contribution in [0.4, 0.5) is 0 Å². The molecule has 0 saturated carbocycles. The highest BCUT2D eigenvalue weighted by atomic mass is 16.7. The number of rotatable bonds is 6. The number of epoxide rings is 1. The van der Waals surface area contributed by atoms with Gasteiger partial charge in [0.25, 0.3) is 0 Å². The number of hydrogen-bond donors (Lipinski definition) is 0. The van der Waals surface area contributed by atoms with E-state index < -0.39 is 11.2 Å². The van der Waals surface area contributed by atoms with E-state index in [0.717, 1.165) is 0 Å². The fourth-order valence-corrected chi connectivity index (χ4v) is 2.04. The van der Waals surface area contributed by atoms with E-state index in [0.29, 0.717) is 19.6 Å². The molecule has 0 aromatic rings. The Morgan fingerprint density at radius 3 is 2.07 bits per heavy atom. The molecule has 0 N–H and O–H groups in total. The summed E-state index contributed by atoms with van der Waals surface area (Å²) in [7, 11) is 4.49. The van der Waals surface area contributed by atoms with Gasteiger partial charge in [-0.15, -0.1) is 0 Å². The molecule has 5 nitrogen and oxygen atoms in total. The monoisotopic (exact) mass is 218 g/mol. The van der Waals surface area contributed by atoms with E-state index in [1.807, 2.05) is 6.92 Å². The summed E-state index contributed by atoms with van der Waals surface area (Å²) < 4.78 is 20.4. The van der Waals surface area contributed by atoms with Gasteiger partial charge in [-0.25, -0.2) is 4.79 Å². The molecule has 0 bridgehead atoms. The molecule has 1 rings (SSSR count). The molecule has 1 aliphatic heterocycles. The second-order valence-electron chi connectivity index (χ2n) is 3.63. The zero-order valence-electron chi connectivity index (χ0n) is 9.66. The lowest BCUT2D eigenvalue weighted by molar-refractivity contribution is -0.147. The highest BCUT2D eigenvalue weighted by molar-refractivity contribution is 5.85. The van der Waals surface area contributed by atoms with E-state index in [4.69, 9.17) is 18.9 Å². The zero-order valence-corrected chi connectivity index (χ0v) is 9.66. The lowest BCUT2D eigenvalue weighted by Crippen LogP contribution is -2.40. The van der Waals surface area contributed by atoms with Crippen LogP contribution in [-0.2, 0) is 23.7 Å². The van der Waals surface area contributed by atoms with E-state index in [1.54, 1.807) is 14.2 Å². The maximum absolute atomic E-state index is 11.6. The number of esters is 1. The highest BCUT2D eigenvalue weighted by Gasteiger charge is 2.74. The zero-order chi connectivity index (χ0) is 11.5. The molecule has 0 aromatic carbocycles. The van der Waals surface area contributed by atoms with E-state index >= 15 is 0 Å². The normalized spacial score (nSPS) is 27.5. The average molecular weight is 218 g/mol. The SMILES string of the molecule is CCC1(C(=O)OC)OC1(COC)COC. The predicted octanol–water partition coefficient (Wildman–Crippen LogP) is 0.370. The Bertz CT molecular complexity index is 234. The van der Waals surface area contributed by atoms with Crippen molar-refractivity contribution >= 4 is 5.97 Å².